The lowest BCUT2D eigenvalue weighted by Gasteiger charge is -2.14. The molecule has 4 rings (SSSR count). The van der Waals surface area contributed by atoms with Crippen molar-refractivity contribution in [2.45, 2.75) is 57.7 Å². The summed E-state index contributed by atoms with van der Waals surface area (Å²) in [6.45, 7) is 1.74. The summed E-state index contributed by atoms with van der Waals surface area (Å²) in [4.78, 5) is 9.35. The van der Waals surface area contributed by atoms with Gasteiger partial charge in [-0.3, -0.25) is 4.98 Å². The summed E-state index contributed by atoms with van der Waals surface area (Å²) < 4.78 is 2.29. The molecular formula is C17H22N4. The van der Waals surface area contributed by atoms with Gasteiger partial charge in [-0.15, -0.1) is 0 Å². The first-order chi connectivity index (χ1) is 10.4. The molecule has 0 radical (unpaired) electrons. The quantitative estimate of drug-likeness (QED) is 0.916. The molecule has 0 atom stereocenters. The number of hydrogen-bond acceptors (Lipinski definition) is 3. The highest BCUT2D eigenvalue weighted by molar-refractivity contribution is 5.19. The molecule has 2 aliphatic carbocycles. The second kappa shape index (κ2) is 5.60. The minimum absolute atomic E-state index is 0.733. The highest BCUT2D eigenvalue weighted by Gasteiger charge is 2.20. The minimum Gasteiger partial charge on any atom is -0.328 e. The van der Waals surface area contributed by atoms with Crippen LogP contribution >= 0.6 is 0 Å². The van der Waals surface area contributed by atoms with Crippen molar-refractivity contribution in [1.29, 1.82) is 0 Å². The summed E-state index contributed by atoms with van der Waals surface area (Å²) in [7, 11) is 0. The van der Waals surface area contributed by atoms with Gasteiger partial charge in [-0.25, -0.2) is 4.98 Å². The molecule has 2 aromatic rings. The molecule has 110 valence electrons. The van der Waals surface area contributed by atoms with Crippen molar-refractivity contribution in [2.24, 2.45) is 0 Å². The number of nitrogens with one attached hydrogen (secondary N) is 1. The fourth-order valence-electron chi connectivity index (χ4n) is 3.09. The third kappa shape index (κ3) is 3.00. The maximum atomic E-state index is 4.79. The van der Waals surface area contributed by atoms with Gasteiger partial charge in [0.2, 0.25) is 0 Å². The van der Waals surface area contributed by atoms with Crippen LogP contribution in [0.2, 0.25) is 0 Å². The van der Waals surface area contributed by atoms with Crippen LogP contribution in [-0.2, 0) is 25.9 Å². The number of pyridine rings is 1. The Bertz CT molecular complexity index is 627. The van der Waals surface area contributed by atoms with Gasteiger partial charge in [0.15, 0.2) is 0 Å². The zero-order valence-electron chi connectivity index (χ0n) is 12.4. The van der Waals surface area contributed by atoms with Crippen LogP contribution in [0.5, 0.6) is 0 Å². The fraction of sp³-hybridized carbons (Fsp3) is 0.529. The number of imidazole rings is 1. The van der Waals surface area contributed by atoms with E-state index in [1.54, 1.807) is 0 Å². The van der Waals surface area contributed by atoms with E-state index in [0.29, 0.717) is 0 Å². The van der Waals surface area contributed by atoms with Crippen LogP contribution in [0.15, 0.2) is 24.5 Å². The van der Waals surface area contributed by atoms with E-state index in [2.05, 4.69) is 33.1 Å². The van der Waals surface area contributed by atoms with Crippen molar-refractivity contribution in [3.8, 4) is 0 Å². The van der Waals surface area contributed by atoms with E-state index in [1.165, 1.54) is 37.1 Å². The van der Waals surface area contributed by atoms with Crippen LogP contribution < -0.4 is 5.32 Å². The second-order valence-corrected chi connectivity index (χ2v) is 6.25. The molecule has 2 heterocycles. The summed E-state index contributed by atoms with van der Waals surface area (Å²) in [5.74, 6) is 0. The number of aromatic nitrogens is 3. The monoisotopic (exact) mass is 282 g/mol. The van der Waals surface area contributed by atoms with Crippen molar-refractivity contribution in [2.75, 3.05) is 0 Å². The third-order valence-electron chi connectivity index (χ3n) is 4.46. The average Bonchev–Trinajstić information content (AvgIpc) is 3.27. The van der Waals surface area contributed by atoms with Crippen LogP contribution in [0.4, 0.5) is 0 Å². The minimum atomic E-state index is 0.733. The van der Waals surface area contributed by atoms with E-state index >= 15 is 0 Å². The van der Waals surface area contributed by atoms with Crippen molar-refractivity contribution in [3.05, 3.63) is 47.3 Å². The molecule has 0 aliphatic heterocycles. The standard InChI is InChI=1S/C17H22N4/c1-2-7-17-16(6-1)19-12-21(17)11-15-5-3-4-14(20-15)10-18-13-8-9-13/h3-5,12-13,18H,1-2,6-11H2. The van der Waals surface area contributed by atoms with Crippen molar-refractivity contribution in [3.63, 3.8) is 0 Å². The molecule has 0 spiro atoms. The highest BCUT2D eigenvalue weighted by atomic mass is 15.1. The Labute approximate surface area is 125 Å². The molecule has 4 heteroatoms. The Morgan fingerprint density at radius 2 is 2.00 bits per heavy atom. The van der Waals surface area contributed by atoms with Gasteiger partial charge in [0.25, 0.3) is 0 Å². The third-order valence-corrected chi connectivity index (χ3v) is 4.46. The van der Waals surface area contributed by atoms with E-state index in [0.717, 1.165) is 43.4 Å². The van der Waals surface area contributed by atoms with E-state index in [-0.39, 0.29) is 0 Å². The molecule has 0 amide bonds. The molecule has 4 nitrogen and oxygen atoms in total. The molecule has 0 bridgehead atoms. The van der Waals surface area contributed by atoms with Crippen molar-refractivity contribution >= 4 is 0 Å². The molecular weight excluding hydrogens is 260 g/mol. The topological polar surface area (TPSA) is 42.7 Å². The Hall–Kier alpha value is -1.68. The Morgan fingerprint density at radius 1 is 1.14 bits per heavy atom. The van der Waals surface area contributed by atoms with E-state index in [1.807, 2.05) is 6.33 Å². The molecule has 1 N–H and O–H groups in total. The second-order valence-electron chi connectivity index (χ2n) is 6.25. The Kier molecular flexibility index (Phi) is 3.47. The van der Waals surface area contributed by atoms with Crippen LogP contribution in [0.3, 0.4) is 0 Å². The molecule has 2 aromatic heterocycles. The van der Waals surface area contributed by atoms with Gasteiger partial charge in [0.05, 0.1) is 30.0 Å². The fourth-order valence-corrected chi connectivity index (χ4v) is 3.09. The van der Waals surface area contributed by atoms with Gasteiger partial charge < -0.3 is 9.88 Å². The van der Waals surface area contributed by atoms with Crippen molar-refractivity contribution < 1.29 is 0 Å². The van der Waals surface area contributed by atoms with E-state index in [4.69, 9.17) is 4.98 Å². The SMILES string of the molecule is c1cc(CNC2CC2)nc(Cn2cnc3c2CCCC3)c1. The van der Waals surface area contributed by atoms with Crippen LogP contribution in [0.25, 0.3) is 0 Å². The molecule has 2 aliphatic rings. The Balaban J connectivity index is 1.48. The maximum absolute atomic E-state index is 4.79. The summed E-state index contributed by atoms with van der Waals surface area (Å²) in [5.41, 5.74) is 5.00. The molecule has 1 saturated carbocycles. The zero-order chi connectivity index (χ0) is 14.1. The van der Waals surface area contributed by atoms with Gasteiger partial charge in [-0.1, -0.05) is 6.07 Å². The molecule has 0 aromatic carbocycles. The number of hydrogen-bond donors (Lipinski definition) is 1. The Morgan fingerprint density at radius 3 is 2.90 bits per heavy atom. The van der Waals surface area contributed by atoms with Crippen LogP contribution in [0.1, 0.15) is 48.5 Å². The summed E-state index contributed by atoms with van der Waals surface area (Å²) >= 11 is 0. The number of aryl methyl sites for hydroxylation is 1. The van der Waals surface area contributed by atoms with Gasteiger partial charge >= 0.3 is 0 Å². The highest BCUT2D eigenvalue weighted by Crippen LogP contribution is 2.21. The van der Waals surface area contributed by atoms with Crippen LogP contribution in [0, 0.1) is 0 Å². The van der Waals surface area contributed by atoms with E-state index in [9.17, 15) is 0 Å². The lowest BCUT2D eigenvalue weighted by atomic mass is 10.0. The average molecular weight is 282 g/mol. The number of nitrogens with zero attached hydrogens (tertiary/aromatic N) is 3. The smallest absolute Gasteiger partial charge is 0.0955 e. The maximum Gasteiger partial charge on any atom is 0.0955 e. The van der Waals surface area contributed by atoms with Gasteiger partial charge in [0.1, 0.15) is 0 Å². The first-order valence-electron chi connectivity index (χ1n) is 8.09. The summed E-state index contributed by atoms with van der Waals surface area (Å²) in [6.07, 6.45) is 9.51. The molecule has 0 unspecified atom stereocenters. The predicted octanol–water partition coefficient (Wildman–Crippen LogP) is 2.46. The normalized spacial score (nSPS) is 17.7. The molecule has 21 heavy (non-hydrogen) atoms. The van der Waals surface area contributed by atoms with Gasteiger partial charge in [-0.05, 0) is 50.7 Å². The van der Waals surface area contributed by atoms with Crippen molar-refractivity contribution in [1.82, 2.24) is 19.9 Å². The number of rotatable bonds is 5. The predicted molar refractivity (Wildman–Crippen MR) is 82.1 cm³/mol. The first kappa shape index (κ1) is 13.0. The van der Waals surface area contributed by atoms with E-state index < -0.39 is 0 Å². The van der Waals surface area contributed by atoms with Crippen LogP contribution in [-0.4, -0.2) is 20.6 Å². The lowest BCUT2D eigenvalue weighted by molar-refractivity contribution is 0.621. The summed E-state index contributed by atoms with van der Waals surface area (Å²) in [6, 6.07) is 7.09. The first-order valence-corrected chi connectivity index (χ1v) is 8.09. The largest absolute Gasteiger partial charge is 0.328 e. The van der Waals surface area contributed by atoms with Gasteiger partial charge in [-0.2, -0.15) is 0 Å². The number of fused-ring (bicyclic) bond motifs is 1. The zero-order valence-corrected chi connectivity index (χ0v) is 12.4. The molecule has 0 saturated heterocycles. The van der Waals surface area contributed by atoms with Gasteiger partial charge in [0, 0.05) is 18.3 Å². The summed E-state index contributed by atoms with van der Waals surface area (Å²) in [5, 5.41) is 3.53. The lowest BCUT2D eigenvalue weighted by Crippen LogP contribution is -2.17. The molecule has 1 fully saturated rings.